The summed E-state index contributed by atoms with van der Waals surface area (Å²) in [6.45, 7) is 0. The van der Waals surface area contributed by atoms with E-state index in [-0.39, 0.29) is 11.3 Å². The number of benzene rings is 6. The summed E-state index contributed by atoms with van der Waals surface area (Å²) in [5.74, 6) is -3.18. The van der Waals surface area contributed by atoms with Crippen LogP contribution >= 0.6 is 11.3 Å². The molecule has 0 aliphatic rings. The highest BCUT2D eigenvalue weighted by atomic mass is 32.1. The van der Waals surface area contributed by atoms with Crippen LogP contribution < -0.4 is 4.90 Å². The van der Waals surface area contributed by atoms with E-state index in [2.05, 4.69) is 0 Å². The second-order valence-electron chi connectivity index (χ2n) is 9.77. The van der Waals surface area contributed by atoms with Gasteiger partial charge >= 0.3 is 0 Å². The quantitative estimate of drug-likeness (QED) is 0.207. The average Bonchev–Trinajstić information content (AvgIpc) is 3.63. The fraction of sp³-hybridized carbons (Fsp3) is 0. The second-order valence-corrected chi connectivity index (χ2v) is 10.8. The van der Waals surface area contributed by atoms with E-state index in [1.807, 2.05) is 48.5 Å². The van der Waals surface area contributed by atoms with Crippen LogP contribution in [0.25, 0.3) is 53.2 Å². The van der Waals surface area contributed by atoms with Gasteiger partial charge in [0, 0.05) is 60.5 Å². The van der Waals surface area contributed by atoms with Gasteiger partial charge in [-0.3, -0.25) is 0 Å². The van der Waals surface area contributed by atoms with Crippen molar-refractivity contribution in [3.8, 4) is 11.1 Å². The number of para-hydroxylation sites is 2. The van der Waals surface area contributed by atoms with E-state index in [9.17, 15) is 13.2 Å². The predicted octanol–water partition coefficient (Wildman–Crippen LogP) is 11.5. The van der Waals surface area contributed by atoms with Gasteiger partial charge in [0.05, 0.1) is 18.1 Å². The summed E-state index contributed by atoms with van der Waals surface area (Å²) in [4.78, 5) is 1.56. The highest BCUT2D eigenvalue weighted by Gasteiger charge is 2.23. The van der Waals surface area contributed by atoms with Gasteiger partial charge in [0.1, 0.15) is 28.6 Å². The van der Waals surface area contributed by atoms with Gasteiger partial charge in [0.15, 0.2) is 0 Å². The molecule has 202 valence electrons. The zero-order chi connectivity index (χ0) is 32.7. The van der Waals surface area contributed by atoms with Crippen molar-refractivity contribution in [1.82, 2.24) is 0 Å². The Hall–Kier alpha value is -5.07. The van der Waals surface area contributed by atoms with Crippen LogP contribution in [-0.2, 0) is 0 Å². The minimum absolute atomic E-state index is 0.116. The molecule has 2 nitrogen and oxygen atoms in total. The number of halogens is 3. The van der Waals surface area contributed by atoms with Crippen molar-refractivity contribution in [1.29, 1.82) is 0 Å². The summed E-state index contributed by atoms with van der Waals surface area (Å²) >= 11 is 1.56. The van der Waals surface area contributed by atoms with E-state index >= 15 is 0 Å². The molecule has 8 rings (SSSR count). The second kappa shape index (κ2) is 9.50. The maximum absolute atomic E-state index is 14.7. The molecule has 0 amide bonds. The maximum Gasteiger partial charge on any atom is 0.138 e. The Bertz CT molecular complexity index is 2530. The number of thiophene rings is 1. The van der Waals surface area contributed by atoms with Gasteiger partial charge in [0.25, 0.3) is 0 Å². The Morgan fingerprint density at radius 2 is 1.36 bits per heavy atom. The number of hydrogen-bond donors (Lipinski definition) is 0. The minimum Gasteiger partial charge on any atom is -0.456 e. The molecule has 6 aromatic carbocycles. The first-order valence-corrected chi connectivity index (χ1v) is 13.8. The summed E-state index contributed by atoms with van der Waals surface area (Å²) in [5.41, 5.74) is 1.63. The first-order chi connectivity index (χ1) is 22.6. The Labute approximate surface area is 249 Å². The van der Waals surface area contributed by atoms with Crippen LogP contribution in [0.5, 0.6) is 0 Å². The minimum atomic E-state index is -1.07. The Morgan fingerprint density at radius 1 is 0.667 bits per heavy atom. The highest BCUT2D eigenvalue weighted by Crippen LogP contribution is 2.50. The SMILES string of the molecule is [2H]c1c([2H])c([2H])c(N(c2ccc(-c3c(F)cc(F)cc3F)cc2)c2cc3oc4ccccc4c3c3sc4ccccc4c23)c([2H])c1[2H]. The van der Waals surface area contributed by atoms with Crippen LogP contribution in [0, 0.1) is 17.5 Å². The molecule has 0 atom stereocenters. The zero-order valence-electron chi connectivity index (χ0n) is 26.6. The molecule has 2 aromatic heterocycles. The van der Waals surface area contributed by atoms with Crippen LogP contribution in [0.2, 0.25) is 0 Å². The number of hydrogen-bond acceptors (Lipinski definition) is 3. The fourth-order valence-corrected chi connectivity index (χ4v) is 6.86. The molecule has 6 heteroatoms. The number of anilines is 3. The average molecular weight is 577 g/mol. The van der Waals surface area contributed by atoms with Gasteiger partial charge in [-0.25, -0.2) is 13.2 Å². The molecule has 0 radical (unpaired) electrons. The molecule has 0 N–H and O–H groups in total. The standard InChI is InChI=1S/C36H20F3NOS/c37-22-18-27(38)33(28(39)19-22)21-14-16-24(17-15-21)40(23-8-2-1-3-9-23)29-20-31-35(25-10-4-6-12-30(25)41-31)36-34(29)26-11-5-7-13-32(26)42-36/h1-20H/i1D,2D,3D,8D,9D. The summed E-state index contributed by atoms with van der Waals surface area (Å²) in [6, 6.07) is 22.0. The van der Waals surface area contributed by atoms with E-state index in [1.165, 1.54) is 12.1 Å². The molecular weight excluding hydrogens is 551 g/mol. The number of rotatable bonds is 4. The lowest BCUT2D eigenvalue weighted by atomic mass is 10.0. The van der Waals surface area contributed by atoms with E-state index in [1.54, 1.807) is 34.4 Å². The normalized spacial score (nSPS) is 13.4. The molecule has 0 spiro atoms. The molecule has 0 bridgehead atoms. The smallest absolute Gasteiger partial charge is 0.138 e. The lowest BCUT2D eigenvalue weighted by molar-refractivity contribution is 0.548. The number of nitrogens with zero attached hydrogens (tertiary/aromatic N) is 1. The van der Waals surface area contributed by atoms with Crippen molar-refractivity contribution in [3.05, 3.63) is 139 Å². The summed E-state index contributed by atoms with van der Waals surface area (Å²) in [6.07, 6.45) is 0. The van der Waals surface area contributed by atoms with E-state index in [4.69, 9.17) is 11.3 Å². The van der Waals surface area contributed by atoms with Crippen molar-refractivity contribution in [3.63, 3.8) is 0 Å². The molecule has 8 aromatic rings. The largest absolute Gasteiger partial charge is 0.456 e. The summed E-state index contributed by atoms with van der Waals surface area (Å²) in [7, 11) is 0. The fourth-order valence-electron chi connectivity index (χ4n) is 5.59. The van der Waals surface area contributed by atoms with Crippen molar-refractivity contribution in [2.24, 2.45) is 0 Å². The molecule has 42 heavy (non-hydrogen) atoms. The van der Waals surface area contributed by atoms with Crippen molar-refractivity contribution < 1.29 is 24.4 Å². The third-order valence-corrected chi connectivity index (χ3v) is 8.53. The molecule has 0 fully saturated rings. The van der Waals surface area contributed by atoms with E-state index < -0.39 is 53.2 Å². The Balaban J connectivity index is 1.48. The van der Waals surface area contributed by atoms with Crippen LogP contribution in [-0.4, -0.2) is 0 Å². The molecule has 0 unspecified atom stereocenters. The first-order valence-electron chi connectivity index (χ1n) is 15.5. The van der Waals surface area contributed by atoms with Crippen LogP contribution in [0.4, 0.5) is 30.2 Å². The first kappa shape index (κ1) is 19.9. The molecule has 0 saturated carbocycles. The molecule has 0 aliphatic heterocycles. The van der Waals surface area contributed by atoms with Gasteiger partial charge in [-0.1, -0.05) is 66.7 Å². The lowest BCUT2D eigenvalue weighted by Gasteiger charge is -2.26. The molecule has 0 aliphatic carbocycles. The van der Waals surface area contributed by atoms with Crippen LogP contribution in [0.15, 0.2) is 126 Å². The van der Waals surface area contributed by atoms with Gasteiger partial charge in [0.2, 0.25) is 0 Å². The summed E-state index contributed by atoms with van der Waals surface area (Å²) < 4.78 is 94.3. The van der Waals surface area contributed by atoms with Crippen molar-refractivity contribution >= 4 is 70.5 Å². The van der Waals surface area contributed by atoms with Crippen molar-refractivity contribution in [2.75, 3.05) is 4.90 Å². The zero-order valence-corrected chi connectivity index (χ0v) is 22.4. The van der Waals surface area contributed by atoms with E-state index in [0.717, 1.165) is 30.9 Å². The Morgan fingerprint density at radius 3 is 2.12 bits per heavy atom. The molecule has 2 heterocycles. The summed E-state index contributed by atoms with van der Waals surface area (Å²) in [5, 5.41) is 3.46. The van der Waals surface area contributed by atoms with Gasteiger partial charge in [-0.2, -0.15) is 0 Å². The van der Waals surface area contributed by atoms with Gasteiger partial charge < -0.3 is 9.32 Å². The molecule has 0 saturated heterocycles. The van der Waals surface area contributed by atoms with Gasteiger partial charge in [-0.05, 0) is 41.9 Å². The van der Waals surface area contributed by atoms with Crippen LogP contribution in [0.1, 0.15) is 6.85 Å². The maximum atomic E-state index is 14.7. The number of fused-ring (bicyclic) bond motifs is 7. The lowest BCUT2D eigenvalue weighted by Crippen LogP contribution is -2.10. The monoisotopic (exact) mass is 576 g/mol. The predicted molar refractivity (Wildman–Crippen MR) is 167 cm³/mol. The van der Waals surface area contributed by atoms with Gasteiger partial charge in [-0.15, -0.1) is 11.3 Å². The highest BCUT2D eigenvalue weighted by molar-refractivity contribution is 7.27. The van der Waals surface area contributed by atoms with Crippen molar-refractivity contribution in [2.45, 2.75) is 0 Å². The number of furan rings is 1. The topological polar surface area (TPSA) is 16.4 Å². The van der Waals surface area contributed by atoms with E-state index in [0.29, 0.717) is 34.7 Å². The molecular formula is C36H20F3NOS. The Kier molecular flexibility index (Phi) is 4.50. The van der Waals surface area contributed by atoms with Crippen LogP contribution in [0.3, 0.4) is 0 Å². The third kappa shape index (κ3) is 3.80. The third-order valence-electron chi connectivity index (χ3n) is 7.34.